The van der Waals surface area contributed by atoms with Crippen molar-refractivity contribution in [3.05, 3.63) is 28.3 Å². The van der Waals surface area contributed by atoms with Crippen LogP contribution in [0, 0.1) is 10.1 Å². The maximum absolute atomic E-state index is 11.6. The summed E-state index contributed by atoms with van der Waals surface area (Å²) in [6.07, 6.45) is 2.84. The zero-order valence-corrected chi connectivity index (χ0v) is 11.8. The van der Waals surface area contributed by atoms with Gasteiger partial charge in [0.05, 0.1) is 4.92 Å². The molecule has 1 aliphatic carbocycles. The summed E-state index contributed by atoms with van der Waals surface area (Å²) in [6.45, 7) is 0. The summed E-state index contributed by atoms with van der Waals surface area (Å²) in [7, 11) is -3.69. The van der Waals surface area contributed by atoms with Crippen molar-refractivity contribution in [1.82, 2.24) is 0 Å². The largest absolute Gasteiger partial charge is 0.483 e. The van der Waals surface area contributed by atoms with E-state index in [-0.39, 0.29) is 22.8 Å². The summed E-state index contributed by atoms with van der Waals surface area (Å²) >= 11 is 0. The Morgan fingerprint density at radius 1 is 1.40 bits per heavy atom. The van der Waals surface area contributed by atoms with Crippen LogP contribution in [0.1, 0.15) is 19.3 Å². The van der Waals surface area contributed by atoms with E-state index in [1.54, 1.807) is 0 Å². The lowest BCUT2D eigenvalue weighted by Crippen LogP contribution is -2.19. The van der Waals surface area contributed by atoms with Crippen LogP contribution in [0.4, 0.5) is 5.69 Å². The Morgan fingerprint density at radius 2 is 2.10 bits per heavy atom. The van der Waals surface area contributed by atoms with Crippen molar-refractivity contribution in [2.45, 2.75) is 36.3 Å². The Balaban J connectivity index is 2.40. The lowest BCUT2D eigenvalue weighted by atomic mass is 10.2. The lowest BCUT2D eigenvalue weighted by molar-refractivity contribution is -0.389. The molecule has 1 saturated carbocycles. The quantitative estimate of drug-likeness (QED) is 0.661. The standard InChI is InChI=1S/C12H16N2O5S/c1-20(17,18)11-4-2-3-10(12(11)14(15)16)19-9-6-5-8(13)7-9/h2-4,8-9H,5-7,13H2,1H3. The molecule has 110 valence electrons. The Morgan fingerprint density at radius 3 is 2.60 bits per heavy atom. The number of ether oxygens (including phenoxy) is 1. The van der Waals surface area contributed by atoms with Gasteiger partial charge < -0.3 is 10.5 Å². The van der Waals surface area contributed by atoms with E-state index in [2.05, 4.69) is 0 Å². The number of nitrogens with two attached hydrogens (primary N) is 1. The van der Waals surface area contributed by atoms with Crippen molar-refractivity contribution in [2.24, 2.45) is 5.73 Å². The molecule has 0 heterocycles. The molecule has 0 saturated heterocycles. The molecule has 7 nitrogen and oxygen atoms in total. The van der Waals surface area contributed by atoms with Crippen molar-refractivity contribution in [3.8, 4) is 5.75 Å². The van der Waals surface area contributed by atoms with E-state index < -0.39 is 20.4 Å². The van der Waals surface area contributed by atoms with Gasteiger partial charge in [0, 0.05) is 12.3 Å². The van der Waals surface area contributed by atoms with Gasteiger partial charge in [-0.2, -0.15) is 0 Å². The van der Waals surface area contributed by atoms with Gasteiger partial charge in [0.1, 0.15) is 11.0 Å². The number of hydrogen-bond acceptors (Lipinski definition) is 6. The van der Waals surface area contributed by atoms with E-state index in [4.69, 9.17) is 10.5 Å². The molecule has 0 aliphatic heterocycles. The highest BCUT2D eigenvalue weighted by Crippen LogP contribution is 2.36. The molecule has 2 unspecified atom stereocenters. The summed E-state index contributed by atoms with van der Waals surface area (Å²) < 4.78 is 28.8. The minimum absolute atomic E-state index is 0.0166. The molecule has 1 fully saturated rings. The van der Waals surface area contributed by atoms with Gasteiger partial charge in [0.2, 0.25) is 0 Å². The van der Waals surface area contributed by atoms with Gasteiger partial charge in [-0.05, 0) is 31.4 Å². The average molecular weight is 300 g/mol. The predicted octanol–water partition coefficient (Wildman–Crippen LogP) is 1.26. The fraction of sp³-hybridized carbons (Fsp3) is 0.500. The van der Waals surface area contributed by atoms with Crippen LogP contribution in [0.15, 0.2) is 23.1 Å². The second-order valence-electron chi connectivity index (χ2n) is 4.95. The van der Waals surface area contributed by atoms with Crippen LogP contribution >= 0.6 is 0 Å². The molecule has 2 rings (SSSR count). The smallest absolute Gasteiger partial charge is 0.329 e. The number of nitrogens with zero attached hydrogens (tertiary/aromatic N) is 1. The third-order valence-corrected chi connectivity index (χ3v) is 4.39. The van der Waals surface area contributed by atoms with E-state index in [1.165, 1.54) is 18.2 Å². The first kappa shape index (κ1) is 14.7. The zero-order chi connectivity index (χ0) is 14.9. The Bertz CT molecular complexity index is 629. The number of hydrogen-bond donors (Lipinski definition) is 1. The fourth-order valence-corrected chi connectivity index (χ4v) is 3.19. The summed E-state index contributed by atoms with van der Waals surface area (Å²) in [5.41, 5.74) is 5.26. The highest BCUT2D eigenvalue weighted by molar-refractivity contribution is 7.90. The predicted molar refractivity (Wildman–Crippen MR) is 72.4 cm³/mol. The van der Waals surface area contributed by atoms with Crippen LogP contribution in [0.5, 0.6) is 5.75 Å². The number of nitro benzene ring substituents is 1. The normalized spacial score (nSPS) is 22.7. The molecular weight excluding hydrogens is 284 g/mol. The van der Waals surface area contributed by atoms with Gasteiger partial charge in [-0.3, -0.25) is 10.1 Å². The summed E-state index contributed by atoms with van der Waals surface area (Å²) in [5, 5.41) is 11.2. The van der Waals surface area contributed by atoms with Crippen LogP contribution < -0.4 is 10.5 Å². The molecule has 0 bridgehead atoms. The van der Waals surface area contributed by atoms with Crippen molar-refractivity contribution in [2.75, 3.05) is 6.26 Å². The minimum atomic E-state index is -3.69. The minimum Gasteiger partial charge on any atom is -0.483 e. The van der Waals surface area contributed by atoms with E-state index >= 15 is 0 Å². The molecule has 1 aromatic rings. The third-order valence-electron chi connectivity index (χ3n) is 3.26. The van der Waals surface area contributed by atoms with Crippen LogP contribution in [0.25, 0.3) is 0 Å². The summed E-state index contributed by atoms with van der Waals surface area (Å²) in [6, 6.07) is 4.09. The monoisotopic (exact) mass is 300 g/mol. The zero-order valence-electron chi connectivity index (χ0n) is 11.0. The lowest BCUT2D eigenvalue weighted by Gasteiger charge is -2.14. The van der Waals surface area contributed by atoms with Gasteiger partial charge in [-0.1, -0.05) is 6.07 Å². The molecule has 0 spiro atoms. The highest BCUT2D eigenvalue weighted by Gasteiger charge is 2.30. The number of rotatable bonds is 4. The maximum atomic E-state index is 11.6. The molecule has 0 amide bonds. The van der Waals surface area contributed by atoms with Gasteiger partial charge in [-0.25, -0.2) is 8.42 Å². The molecule has 2 atom stereocenters. The van der Waals surface area contributed by atoms with Crippen LogP contribution in [-0.2, 0) is 9.84 Å². The Hall–Kier alpha value is -1.67. The van der Waals surface area contributed by atoms with Gasteiger partial charge >= 0.3 is 5.69 Å². The Labute approximate surface area is 116 Å². The van der Waals surface area contributed by atoms with E-state index in [1.807, 2.05) is 0 Å². The third kappa shape index (κ3) is 3.07. The van der Waals surface area contributed by atoms with Crippen LogP contribution in [0.2, 0.25) is 0 Å². The van der Waals surface area contributed by atoms with Crippen molar-refractivity contribution < 1.29 is 18.1 Å². The first-order valence-electron chi connectivity index (χ1n) is 6.18. The number of nitro groups is 1. The van der Waals surface area contributed by atoms with E-state index in [0.29, 0.717) is 12.8 Å². The van der Waals surface area contributed by atoms with Crippen molar-refractivity contribution in [3.63, 3.8) is 0 Å². The maximum Gasteiger partial charge on any atom is 0.329 e. The summed E-state index contributed by atoms with van der Waals surface area (Å²) in [4.78, 5) is 10.1. The topological polar surface area (TPSA) is 113 Å². The van der Waals surface area contributed by atoms with E-state index in [0.717, 1.165) is 12.7 Å². The van der Waals surface area contributed by atoms with E-state index in [9.17, 15) is 18.5 Å². The molecule has 0 aromatic heterocycles. The second-order valence-corrected chi connectivity index (χ2v) is 6.93. The van der Waals surface area contributed by atoms with Gasteiger partial charge in [-0.15, -0.1) is 0 Å². The molecule has 20 heavy (non-hydrogen) atoms. The first-order valence-corrected chi connectivity index (χ1v) is 8.08. The van der Waals surface area contributed by atoms with Crippen LogP contribution in [0.3, 0.4) is 0 Å². The molecule has 1 aromatic carbocycles. The molecule has 8 heteroatoms. The molecule has 1 aliphatic rings. The molecular formula is C12H16N2O5S. The first-order chi connectivity index (χ1) is 9.29. The van der Waals surface area contributed by atoms with Gasteiger partial charge in [0.25, 0.3) is 0 Å². The van der Waals surface area contributed by atoms with Crippen molar-refractivity contribution >= 4 is 15.5 Å². The Kier molecular flexibility index (Phi) is 3.96. The molecule has 2 N–H and O–H groups in total. The van der Waals surface area contributed by atoms with Gasteiger partial charge in [0.15, 0.2) is 15.6 Å². The number of para-hydroxylation sites is 1. The van der Waals surface area contributed by atoms with Crippen molar-refractivity contribution in [1.29, 1.82) is 0 Å². The average Bonchev–Trinajstić information content (AvgIpc) is 2.73. The molecule has 0 radical (unpaired) electrons. The highest BCUT2D eigenvalue weighted by atomic mass is 32.2. The summed E-state index contributed by atoms with van der Waals surface area (Å²) in [5.74, 6) is -0.0166. The SMILES string of the molecule is CS(=O)(=O)c1cccc(OC2CCC(N)C2)c1[N+](=O)[O-]. The second kappa shape index (κ2) is 5.37. The fourth-order valence-electron chi connectivity index (χ4n) is 2.34. The number of benzene rings is 1. The number of sulfone groups is 1. The van der Waals surface area contributed by atoms with Crippen LogP contribution in [-0.4, -0.2) is 31.7 Å².